The molecule has 2 N–H and O–H groups in total. The summed E-state index contributed by atoms with van der Waals surface area (Å²) < 4.78 is 22.6. The third-order valence-corrected chi connectivity index (χ3v) is 10.6. The Bertz CT molecular complexity index is 874. The maximum atomic E-state index is 11.3. The Labute approximate surface area is 220 Å². The summed E-state index contributed by atoms with van der Waals surface area (Å²) in [4.78, 5) is 11.3. The number of hydrogen-bond donors (Lipinski definition) is 2. The van der Waals surface area contributed by atoms with E-state index in [0.717, 1.165) is 32.1 Å². The summed E-state index contributed by atoms with van der Waals surface area (Å²) in [5.41, 5.74) is 0.328. The first-order chi connectivity index (χ1) is 17.2. The highest BCUT2D eigenvalue weighted by Gasteiger charge is 2.66. The first-order valence-corrected chi connectivity index (χ1v) is 15.1. The lowest BCUT2D eigenvalue weighted by molar-refractivity contribution is -0.0681. The molecule has 2 heterocycles. The zero-order chi connectivity index (χ0) is 25.9. The number of nitrogens with one attached hydrogen (secondary N) is 1. The van der Waals surface area contributed by atoms with E-state index in [1.807, 2.05) is 11.8 Å². The SMILES string of the molecule is CCC(CCC(C)OCC(OCc1coc(=O)o1)C1C2C(C)CCC[C@]21C)CCC1SC(C)NC1O. The lowest BCUT2D eigenvalue weighted by Crippen LogP contribution is -2.32. The van der Waals surface area contributed by atoms with Crippen molar-refractivity contribution in [2.75, 3.05) is 6.61 Å². The molecule has 7 nitrogen and oxygen atoms in total. The topological polar surface area (TPSA) is 94.1 Å². The van der Waals surface area contributed by atoms with E-state index in [2.05, 4.69) is 39.9 Å². The van der Waals surface area contributed by atoms with Crippen molar-refractivity contribution in [1.82, 2.24) is 5.32 Å². The minimum atomic E-state index is -0.687. The fraction of sp³-hybridized carbons (Fsp3) is 0.893. The number of aliphatic hydroxyl groups is 1. The van der Waals surface area contributed by atoms with Crippen LogP contribution < -0.4 is 11.1 Å². The molecule has 36 heavy (non-hydrogen) atoms. The van der Waals surface area contributed by atoms with Crippen LogP contribution >= 0.6 is 11.8 Å². The first kappa shape index (κ1) is 28.2. The van der Waals surface area contributed by atoms with Crippen LogP contribution in [0.1, 0.15) is 91.7 Å². The Balaban J connectivity index is 1.26. The summed E-state index contributed by atoms with van der Waals surface area (Å²) in [6, 6.07) is 0. The Morgan fingerprint density at radius 3 is 2.72 bits per heavy atom. The van der Waals surface area contributed by atoms with Gasteiger partial charge in [-0.1, -0.05) is 40.0 Å². The van der Waals surface area contributed by atoms with Crippen molar-refractivity contribution < 1.29 is 23.4 Å². The maximum absolute atomic E-state index is 11.3. The fourth-order valence-corrected chi connectivity index (χ4v) is 8.35. The van der Waals surface area contributed by atoms with Crippen LogP contribution in [0.4, 0.5) is 0 Å². The van der Waals surface area contributed by atoms with Crippen LogP contribution in [0.3, 0.4) is 0 Å². The predicted molar refractivity (Wildman–Crippen MR) is 142 cm³/mol. The molecule has 2 aliphatic carbocycles. The molecular formula is C28H47NO6S. The van der Waals surface area contributed by atoms with E-state index in [9.17, 15) is 9.90 Å². The van der Waals surface area contributed by atoms with Crippen molar-refractivity contribution in [2.45, 2.75) is 122 Å². The number of rotatable bonds is 14. The van der Waals surface area contributed by atoms with Crippen molar-refractivity contribution in [3.63, 3.8) is 0 Å². The monoisotopic (exact) mass is 525 g/mol. The molecule has 4 rings (SSSR count). The van der Waals surface area contributed by atoms with Gasteiger partial charge in [-0.2, -0.15) is 0 Å². The summed E-state index contributed by atoms with van der Waals surface area (Å²) in [5.74, 6) is 2.27. The Morgan fingerprint density at radius 1 is 1.28 bits per heavy atom. The van der Waals surface area contributed by atoms with E-state index < -0.39 is 5.82 Å². The molecule has 0 radical (unpaired) electrons. The minimum Gasteiger partial charge on any atom is -0.399 e. The van der Waals surface area contributed by atoms with E-state index in [0.29, 0.717) is 52.1 Å². The summed E-state index contributed by atoms with van der Waals surface area (Å²) >= 11 is 1.85. The van der Waals surface area contributed by atoms with Crippen molar-refractivity contribution in [1.29, 1.82) is 0 Å². The predicted octanol–water partition coefficient (Wildman–Crippen LogP) is 5.55. The van der Waals surface area contributed by atoms with E-state index in [1.165, 1.54) is 25.5 Å². The van der Waals surface area contributed by atoms with Gasteiger partial charge in [-0.15, -0.1) is 11.8 Å². The molecule has 0 bridgehead atoms. The van der Waals surface area contributed by atoms with Crippen LogP contribution in [0.15, 0.2) is 19.9 Å². The second kappa shape index (κ2) is 12.4. The van der Waals surface area contributed by atoms with Crippen molar-refractivity contribution in [3.05, 3.63) is 22.6 Å². The van der Waals surface area contributed by atoms with Gasteiger partial charge in [0.25, 0.3) is 0 Å². The third-order valence-electron chi connectivity index (χ3n) is 9.23. The van der Waals surface area contributed by atoms with Crippen molar-refractivity contribution in [3.8, 4) is 0 Å². The van der Waals surface area contributed by atoms with Gasteiger partial charge in [-0.3, -0.25) is 5.32 Å². The summed E-state index contributed by atoms with van der Waals surface area (Å²) in [6.45, 7) is 12.1. The van der Waals surface area contributed by atoms with Crippen LogP contribution in [0.2, 0.25) is 0 Å². The van der Waals surface area contributed by atoms with E-state index in [1.54, 1.807) is 0 Å². The van der Waals surface area contributed by atoms with E-state index >= 15 is 0 Å². The molecule has 1 aromatic rings. The van der Waals surface area contributed by atoms with Gasteiger partial charge in [0.1, 0.15) is 19.1 Å². The molecule has 3 fully saturated rings. The highest BCUT2D eigenvalue weighted by atomic mass is 32.2. The van der Waals surface area contributed by atoms with Gasteiger partial charge < -0.3 is 23.4 Å². The molecule has 1 saturated heterocycles. The second-order valence-electron chi connectivity index (χ2n) is 11.8. The first-order valence-electron chi connectivity index (χ1n) is 14.1. The van der Waals surface area contributed by atoms with Crippen LogP contribution in [0.25, 0.3) is 0 Å². The molecular weight excluding hydrogens is 478 g/mol. The third kappa shape index (κ3) is 6.79. The Hall–Kier alpha value is -0.800. The largest absolute Gasteiger partial charge is 0.518 e. The van der Waals surface area contributed by atoms with E-state index in [4.69, 9.17) is 18.3 Å². The van der Waals surface area contributed by atoms with Crippen molar-refractivity contribution >= 4 is 11.8 Å². The summed E-state index contributed by atoms with van der Waals surface area (Å²) in [6.07, 6.45) is 10.5. The van der Waals surface area contributed by atoms with E-state index in [-0.39, 0.29) is 25.0 Å². The zero-order valence-corrected chi connectivity index (χ0v) is 23.6. The van der Waals surface area contributed by atoms with Crippen LogP contribution in [-0.4, -0.2) is 40.8 Å². The molecule has 0 amide bonds. The average molecular weight is 526 g/mol. The molecule has 9 unspecified atom stereocenters. The maximum Gasteiger partial charge on any atom is 0.518 e. The molecule has 1 aromatic heterocycles. The van der Waals surface area contributed by atoms with Crippen LogP contribution in [0.5, 0.6) is 0 Å². The smallest absolute Gasteiger partial charge is 0.399 e. The standard InChI is InChI=1S/C28H47NO6S/c1-6-20(11-12-23-26(30)29-19(4)36-23)10-9-18(3)32-16-22(33-14-21-15-34-27(31)35-21)25-24-17(2)8-7-13-28(24,25)5/h15,17-20,22-26,29-30H,6-14,16H2,1-5H3/t17?,18?,19?,20?,22?,23?,24?,25?,26?,28-/m1/s1. The summed E-state index contributed by atoms with van der Waals surface area (Å²) in [5, 5.41) is 14.0. The highest BCUT2D eigenvalue weighted by Crippen LogP contribution is 2.69. The molecule has 10 atom stereocenters. The number of thioether (sulfide) groups is 1. The molecule has 206 valence electrons. The number of hydrogen-bond acceptors (Lipinski definition) is 8. The molecule has 3 aliphatic rings. The number of ether oxygens (including phenoxy) is 2. The van der Waals surface area contributed by atoms with Gasteiger partial charge >= 0.3 is 5.82 Å². The quantitative estimate of drug-likeness (QED) is 0.326. The molecule has 2 saturated carbocycles. The second-order valence-corrected chi connectivity index (χ2v) is 13.4. The minimum absolute atomic E-state index is 0.0134. The molecule has 0 aromatic carbocycles. The van der Waals surface area contributed by atoms with Gasteiger partial charge in [-0.05, 0) is 75.0 Å². The normalized spacial score (nSPS) is 36.4. The van der Waals surface area contributed by atoms with Crippen molar-refractivity contribution in [2.24, 2.45) is 29.1 Å². The fourth-order valence-electron chi connectivity index (χ4n) is 7.11. The highest BCUT2D eigenvalue weighted by molar-refractivity contribution is 8.00. The van der Waals surface area contributed by atoms with Crippen LogP contribution in [-0.2, 0) is 16.1 Å². The van der Waals surface area contributed by atoms with Gasteiger partial charge in [0.05, 0.1) is 24.2 Å². The van der Waals surface area contributed by atoms with Gasteiger partial charge in [0, 0.05) is 5.25 Å². The summed E-state index contributed by atoms with van der Waals surface area (Å²) in [7, 11) is 0. The molecule has 8 heteroatoms. The Morgan fingerprint density at radius 2 is 2.08 bits per heavy atom. The number of fused-ring (bicyclic) bond motifs is 1. The van der Waals surface area contributed by atoms with Gasteiger partial charge in [0.2, 0.25) is 0 Å². The van der Waals surface area contributed by atoms with Gasteiger partial charge in [0.15, 0.2) is 5.76 Å². The molecule has 1 aliphatic heterocycles. The number of aliphatic hydroxyl groups excluding tert-OH is 1. The average Bonchev–Trinajstić information content (AvgIpc) is 3.06. The Kier molecular flexibility index (Phi) is 9.70. The zero-order valence-electron chi connectivity index (χ0n) is 22.7. The van der Waals surface area contributed by atoms with Crippen LogP contribution in [0, 0.1) is 29.1 Å². The lowest BCUT2D eigenvalue weighted by Gasteiger charge is -2.24. The molecule has 0 spiro atoms. The van der Waals surface area contributed by atoms with Gasteiger partial charge in [-0.25, -0.2) is 4.79 Å². The lowest BCUT2D eigenvalue weighted by atomic mass is 9.83.